The summed E-state index contributed by atoms with van der Waals surface area (Å²) in [5, 5.41) is 3.28. The number of nitrogens with one attached hydrogen (secondary N) is 1. The van der Waals surface area contributed by atoms with E-state index in [1.807, 2.05) is 7.05 Å². The number of fused-ring (bicyclic) bond motifs is 1. The highest BCUT2D eigenvalue weighted by molar-refractivity contribution is 5.43. The highest BCUT2D eigenvalue weighted by Crippen LogP contribution is 2.52. The van der Waals surface area contributed by atoms with E-state index in [1.165, 1.54) is 56.9 Å². The van der Waals surface area contributed by atoms with E-state index in [2.05, 4.69) is 29.6 Å². The van der Waals surface area contributed by atoms with Gasteiger partial charge in [-0.15, -0.1) is 0 Å². The van der Waals surface area contributed by atoms with Crippen LogP contribution < -0.4 is 10.1 Å². The van der Waals surface area contributed by atoms with Crippen molar-refractivity contribution in [2.45, 2.75) is 62.9 Å². The van der Waals surface area contributed by atoms with Crippen LogP contribution in [-0.2, 0) is 0 Å². The van der Waals surface area contributed by atoms with Gasteiger partial charge in [0.2, 0.25) is 0 Å². The van der Waals surface area contributed by atoms with Crippen LogP contribution in [0.25, 0.3) is 0 Å². The molecule has 1 spiro atoms. The fourth-order valence-corrected chi connectivity index (χ4v) is 4.11. The molecule has 1 saturated carbocycles. The fourth-order valence-electron chi connectivity index (χ4n) is 4.11. The van der Waals surface area contributed by atoms with Gasteiger partial charge in [-0.05, 0) is 58.2 Å². The third-order valence-corrected chi connectivity index (χ3v) is 5.11. The van der Waals surface area contributed by atoms with E-state index < -0.39 is 0 Å². The second-order valence-corrected chi connectivity index (χ2v) is 6.42. The molecular weight excluding hydrogens is 246 g/mol. The van der Waals surface area contributed by atoms with Crippen LogP contribution in [0.5, 0.6) is 5.75 Å². The molecule has 1 aliphatic carbocycles. The third-order valence-electron chi connectivity index (χ3n) is 5.11. The van der Waals surface area contributed by atoms with Crippen LogP contribution in [0.2, 0.25) is 0 Å². The Hall–Kier alpha value is -1.02. The van der Waals surface area contributed by atoms with Crippen molar-refractivity contribution in [3.63, 3.8) is 0 Å². The van der Waals surface area contributed by atoms with Gasteiger partial charge in [0.15, 0.2) is 0 Å². The summed E-state index contributed by atoms with van der Waals surface area (Å²) in [6.07, 6.45) is 10.4. The summed E-state index contributed by atoms with van der Waals surface area (Å²) in [5.74, 6) is 1.76. The van der Waals surface area contributed by atoms with Gasteiger partial charge in [-0.1, -0.05) is 31.0 Å². The molecule has 0 aromatic heterocycles. The molecule has 1 atom stereocenters. The zero-order chi connectivity index (χ0) is 13.8. The zero-order valence-electron chi connectivity index (χ0n) is 12.7. The predicted molar refractivity (Wildman–Crippen MR) is 83.4 cm³/mol. The molecule has 1 aliphatic heterocycles. The lowest BCUT2D eigenvalue weighted by molar-refractivity contribution is 0.0479. The zero-order valence-corrected chi connectivity index (χ0v) is 12.7. The minimum atomic E-state index is 0.105. The SMILES string of the molecule is CNCCCC1c2ccccc2OC12CCCCCC2. The summed E-state index contributed by atoms with van der Waals surface area (Å²) in [6.45, 7) is 1.11. The summed E-state index contributed by atoms with van der Waals surface area (Å²) in [7, 11) is 2.04. The van der Waals surface area contributed by atoms with E-state index in [9.17, 15) is 0 Å². The average Bonchev–Trinajstić information content (AvgIpc) is 2.61. The number of benzene rings is 1. The molecule has 1 heterocycles. The fraction of sp³-hybridized carbons (Fsp3) is 0.667. The summed E-state index contributed by atoms with van der Waals surface area (Å²) in [6, 6.07) is 8.74. The van der Waals surface area contributed by atoms with Gasteiger partial charge < -0.3 is 10.1 Å². The normalized spacial score (nSPS) is 24.1. The molecule has 0 saturated heterocycles. The Morgan fingerprint density at radius 2 is 1.90 bits per heavy atom. The smallest absolute Gasteiger partial charge is 0.123 e. The standard InChI is InChI=1S/C18H27NO/c1-19-14-8-10-16-15-9-4-5-11-17(15)20-18(16)12-6-2-3-7-13-18/h4-5,9,11,16,19H,2-3,6-8,10,12-14H2,1H3. The quantitative estimate of drug-likeness (QED) is 0.828. The molecule has 1 N–H and O–H groups in total. The van der Waals surface area contributed by atoms with E-state index in [0.29, 0.717) is 5.92 Å². The molecule has 1 unspecified atom stereocenters. The van der Waals surface area contributed by atoms with Crippen molar-refractivity contribution in [2.24, 2.45) is 0 Å². The van der Waals surface area contributed by atoms with E-state index in [0.717, 1.165) is 12.3 Å². The van der Waals surface area contributed by atoms with Crippen molar-refractivity contribution in [3.05, 3.63) is 29.8 Å². The topological polar surface area (TPSA) is 21.3 Å². The molecule has 1 aromatic rings. The Morgan fingerprint density at radius 3 is 2.65 bits per heavy atom. The molecule has 1 fully saturated rings. The minimum absolute atomic E-state index is 0.105. The van der Waals surface area contributed by atoms with Crippen molar-refractivity contribution >= 4 is 0 Å². The molecule has 3 rings (SSSR count). The monoisotopic (exact) mass is 273 g/mol. The van der Waals surface area contributed by atoms with E-state index in [-0.39, 0.29) is 5.60 Å². The van der Waals surface area contributed by atoms with Crippen LogP contribution in [0.1, 0.15) is 62.8 Å². The first-order chi connectivity index (χ1) is 9.86. The number of hydrogen-bond donors (Lipinski definition) is 1. The highest BCUT2D eigenvalue weighted by Gasteiger charge is 2.47. The van der Waals surface area contributed by atoms with Crippen molar-refractivity contribution in [1.29, 1.82) is 0 Å². The Labute approximate surface area is 122 Å². The first-order valence-electron chi connectivity index (χ1n) is 8.28. The largest absolute Gasteiger partial charge is 0.486 e. The van der Waals surface area contributed by atoms with Crippen LogP contribution in [0.3, 0.4) is 0 Å². The lowest BCUT2D eigenvalue weighted by atomic mass is 9.76. The van der Waals surface area contributed by atoms with E-state index in [4.69, 9.17) is 4.74 Å². The molecule has 2 aliphatic rings. The molecule has 20 heavy (non-hydrogen) atoms. The van der Waals surface area contributed by atoms with Gasteiger partial charge in [-0.3, -0.25) is 0 Å². The average molecular weight is 273 g/mol. The maximum atomic E-state index is 6.54. The number of hydrogen-bond acceptors (Lipinski definition) is 2. The van der Waals surface area contributed by atoms with Crippen LogP contribution in [0.4, 0.5) is 0 Å². The second kappa shape index (κ2) is 6.17. The van der Waals surface area contributed by atoms with Gasteiger partial charge >= 0.3 is 0 Å². The first kappa shape index (κ1) is 13.9. The molecule has 0 radical (unpaired) electrons. The predicted octanol–water partition coefficient (Wildman–Crippen LogP) is 4.26. The summed E-state index contributed by atoms with van der Waals surface area (Å²) in [4.78, 5) is 0. The van der Waals surface area contributed by atoms with Crippen LogP contribution >= 0.6 is 0 Å². The maximum absolute atomic E-state index is 6.54. The Bertz CT molecular complexity index is 435. The van der Waals surface area contributed by atoms with Gasteiger partial charge in [-0.2, -0.15) is 0 Å². The molecule has 0 bridgehead atoms. The van der Waals surface area contributed by atoms with Crippen molar-refractivity contribution in [2.75, 3.05) is 13.6 Å². The van der Waals surface area contributed by atoms with Gasteiger partial charge in [0.25, 0.3) is 0 Å². The highest BCUT2D eigenvalue weighted by atomic mass is 16.5. The van der Waals surface area contributed by atoms with Gasteiger partial charge in [0, 0.05) is 11.5 Å². The Balaban J connectivity index is 1.85. The lowest BCUT2D eigenvalue weighted by Crippen LogP contribution is -2.37. The van der Waals surface area contributed by atoms with Crippen LogP contribution in [-0.4, -0.2) is 19.2 Å². The van der Waals surface area contributed by atoms with Crippen molar-refractivity contribution < 1.29 is 4.74 Å². The van der Waals surface area contributed by atoms with Crippen molar-refractivity contribution in [1.82, 2.24) is 5.32 Å². The van der Waals surface area contributed by atoms with Gasteiger partial charge in [-0.25, -0.2) is 0 Å². The van der Waals surface area contributed by atoms with Crippen LogP contribution in [0, 0.1) is 0 Å². The van der Waals surface area contributed by atoms with Gasteiger partial charge in [0.1, 0.15) is 11.4 Å². The molecule has 110 valence electrons. The second-order valence-electron chi connectivity index (χ2n) is 6.42. The minimum Gasteiger partial charge on any atom is -0.486 e. The van der Waals surface area contributed by atoms with Crippen LogP contribution in [0.15, 0.2) is 24.3 Å². The van der Waals surface area contributed by atoms with E-state index in [1.54, 1.807) is 0 Å². The number of para-hydroxylation sites is 1. The Kier molecular flexibility index (Phi) is 4.30. The maximum Gasteiger partial charge on any atom is 0.123 e. The third kappa shape index (κ3) is 2.58. The number of ether oxygens (including phenoxy) is 1. The molecular formula is C18H27NO. The molecule has 2 nitrogen and oxygen atoms in total. The summed E-state index contributed by atoms with van der Waals surface area (Å²) < 4.78 is 6.54. The van der Waals surface area contributed by atoms with Gasteiger partial charge in [0.05, 0.1) is 0 Å². The molecule has 2 heteroatoms. The lowest BCUT2D eigenvalue weighted by Gasteiger charge is -2.34. The van der Waals surface area contributed by atoms with Crippen molar-refractivity contribution in [3.8, 4) is 5.75 Å². The number of rotatable bonds is 4. The van der Waals surface area contributed by atoms with E-state index >= 15 is 0 Å². The Morgan fingerprint density at radius 1 is 1.15 bits per heavy atom. The molecule has 0 amide bonds. The molecule has 1 aromatic carbocycles. The summed E-state index contributed by atoms with van der Waals surface area (Å²) >= 11 is 0. The first-order valence-corrected chi connectivity index (χ1v) is 8.28. The summed E-state index contributed by atoms with van der Waals surface area (Å²) in [5.41, 5.74) is 1.57.